The number of alkyl halides is 6. The number of carboxylic acid groups (broad SMARTS) is 2. The molecule has 36 heavy (non-hydrogen) atoms. The van der Waals surface area contributed by atoms with Crippen LogP contribution < -0.4 is 0 Å². The van der Waals surface area contributed by atoms with Gasteiger partial charge in [-0.2, -0.15) is 26.3 Å². The average molecular weight is 526 g/mol. The molecule has 2 aromatic rings. The fourth-order valence-corrected chi connectivity index (χ4v) is 2.79. The number of carbonyl (C=O) groups is 2. The molecule has 0 radical (unpaired) electrons. The van der Waals surface area contributed by atoms with E-state index in [9.17, 15) is 26.3 Å². The number of hydrogen-bond acceptors (Lipinski definition) is 6. The summed E-state index contributed by atoms with van der Waals surface area (Å²) < 4.78 is 71.3. The zero-order valence-electron chi connectivity index (χ0n) is 18.8. The Hall–Kier alpha value is -3.46. The second kappa shape index (κ2) is 14.2. The van der Waals surface area contributed by atoms with E-state index in [4.69, 9.17) is 24.5 Å². The largest absolute Gasteiger partial charge is 0.490 e. The molecule has 0 aromatic carbocycles. The van der Waals surface area contributed by atoms with Crippen molar-refractivity contribution in [3.8, 4) is 0 Å². The van der Waals surface area contributed by atoms with Gasteiger partial charge in [0.15, 0.2) is 0 Å². The summed E-state index contributed by atoms with van der Waals surface area (Å²) >= 11 is 0. The first-order valence-corrected chi connectivity index (χ1v) is 10.2. The number of aryl methyl sites for hydroxylation is 1. The Labute approximate surface area is 201 Å². The molecule has 0 unspecified atom stereocenters. The third kappa shape index (κ3) is 11.3. The van der Waals surface area contributed by atoms with E-state index in [1.54, 1.807) is 6.08 Å². The molecule has 15 heteroatoms. The lowest BCUT2D eigenvalue weighted by atomic mass is 10.2. The summed E-state index contributed by atoms with van der Waals surface area (Å²) in [5.74, 6) is -5.51. The summed E-state index contributed by atoms with van der Waals surface area (Å²) in [4.78, 5) is 29.2. The molecule has 0 aliphatic carbocycles. The van der Waals surface area contributed by atoms with Gasteiger partial charge in [0, 0.05) is 32.4 Å². The summed E-state index contributed by atoms with van der Waals surface area (Å²) in [5, 5.41) is 14.2. The number of nitrogens with zero attached hydrogens (tertiary/aromatic N) is 4. The van der Waals surface area contributed by atoms with Gasteiger partial charge in [-0.3, -0.25) is 9.88 Å². The third-order valence-corrected chi connectivity index (χ3v) is 4.35. The standard InChI is InChI=1S/C17H22N4O.2C2HF3O2/c1-2-10-22-13-16-17-12-20(8-5-9-21(17)14-19-16)11-15-6-3-4-7-18-15;2*3-2(4,5)1(6)7/h2-4,6-7,14H,1,5,8-13H2;2*(H,6,7). The predicted molar refractivity (Wildman–Crippen MR) is 112 cm³/mol. The van der Waals surface area contributed by atoms with Crippen molar-refractivity contribution < 1.29 is 50.9 Å². The van der Waals surface area contributed by atoms with Crippen molar-refractivity contribution in [3.05, 3.63) is 60.5 Å². The topological polar surface area (TPSA) is 118 Å². The van der Waals surface area contributed by atoms with Crippen LogP contribution in [0.4, 0.5) is 26.3 Å². The molecule has 2 N–H and O–H groups in total. The monoisotopic (exact) mass is 526 g/mol. The van der Waals surface area contributed by atoms with Gasteiger partial charge in [0.25, 0.3) is 0 Å². The summed E-state index contributed by atoms with van der Waals surface area (Å²) in [6, 6.07) is 6.07. The number of aromatic nitrogens is 3. The highest BCUT2D eigenvalue weighted by Gasteiger charge is 2.38. The molecule has 0 spiro atoms. The number of fused-ring (bicyclic) bond motifs is 1. The van der Waals surface area contributed by atoms with Crippen molar-refractivity contribution in [3.63, 3.8) is 0 Å². The van der Waals surface area contributed by atoms with Crippen LogP contribution in [0.25, 0.3) is 0 Å². The molecule has 0 saturated heterocycles. The molecular weight excluding hydrogens is 502 g/mol. The highest BCUT2D eigenvalue weighted by molar-refractivity contribution is 5.73. The lowest BCUT2D eigenvalue weighted by Gasteiger charge is -2.19. The van der Waals surface area contributed by atoms with Gasteiger partial charge >= 0.3 is 24.3 Å². The number of ether oxygens (including phenoxy) is 1. The Balaban J connectivity index is 0.000000383. The van der Waals surface area contributed by atoms with Crippen LogP contribution in [0.2, 0.25) is 0 Å². The third-order valence-electron chi connectivity index (χ3n) is 4.35. The normalized spacial score (nSPS) is 13.7. The van der Waals surface area contributed by atoms with E-state index >= 15 is 0 Å². The number of aliphatic carboxylic acids is 2. The van der Waals surface area contributed by atoms with Crippen LogP contribution in [0, 0.1) is 0 Å². The number of rotatable bonds is 6. The number of hydrogen-bond donors (Lipinski definition) is 2. The minimum absolute atomic E-state index is 0.547. The summed E-state index contributed by atoms with van der Waals surface area (Å²) in [7, 11) is 0. The fraction of sp³-hybridized carbons (Fsp3) is 0.429. The van der Waals surface area contributed by atoms with Crippen molar-refractivity contribution in [1.29, 1.82) is 0 Å². The van der Waals surface area contributed by atoms with E-state index in [2.05, 4.69) is 32.1 Å². The quantitative estimate of drug-likeness (QED) is 0.333. The lowest BCUT2D eigenvalue weighted by Crippen LogP contribution is -2.24. The maximum absolute atomic E-state index is 10.6. The van der Waals surface area contributed by atoms with Crippen LogP contribution >= 0.6 is 0 Å². The van der Waals surface area contributed by atoms with Crippen LogP contribution in [0.3, 0.4) is 0 Å². The van der Waals surface area contributed by atoms with Gasteiger partial charge in [0.05, 0.1) is 36.6 Å². The van der Waals surface area contributed by atoms with Crippen LogP contribution in [-0.2, 0) is 40.6 Å². The Bertz CT molecular complexity index is 955. The molecule has 0 bridgehead atoms. The first-order valence-electron chi connectivity index (χ1n) is 10.2. The molecule has 0 fully saturated rings. The van der Waals surface area contributed by atoms with Crippen molar-refractivity contribution in [2.75, 3.05) is 13.2 Å². The molecule has 1 aliphatic rings. The van der Waals surface area contributed by atoms with Crippen LogP contribution in [0.5, 0.6) is 0 Å². The Morgan fingerprint density at radius 2 is 1.67 bits per heavy atom. The van der Waals surface area contributed by atoms with Crippen LogP contribution in [-0.4, -0.2) is 67.1 Å². The van der Waals surface area contributed by atoms with Crippen molar-refractivity contribution >= 4 is 11.9 Å². The molecule has 3 heterocycles. The van der Waals surface area contributed by atoms with E-state index in [0.717, 1.165) is 44.0 Å². The van der Waals surface area contributed by atoms with Gasteiger partial charge in [0.2, 0.25) is 0 Å². The van der Waals surface area contributed by atoms with Crippen molar-refractivity contribution in [2.24, 2.45) is 0 Å². The number of pyridine rings is 1. The Morgan fingerprint density at radius 1 is 1.06 bits per heavy atom. The van der Waals surface area contributed by atoms with Crippen molar-refractivity contribution in [2.45, 2.75) is 45.0 Å². The zero-order chi connectivity index (χ0) is 27.4. The van der Waals surface area contributed by atoms with Gasteiger partial charge in [0.1, 0.15) is 0 Å². The van der Waals surface area contributed by atoms with Gasteiger partial charge in [-0.15, -0.1) is 6.58 Å². The molecule has 9 nitrogen and oxygen atoms in total. The van der Waals surface area contributed by atoms with Gasteiger partial charge < -0.3 is 19.5 Å². The van der Waals surface area contributed by atoms with Gasteiger partial charge in [-0.1, -0.05) is 12.1 Å². The zero-order valence-corrected chi connectivity index (χ0v) is 18.8. The first kappa shape index (κ1) is 30.6. The minimum atomic E-state index is -5.08. The van der Waals surface area contributed by atoms with Crippen molar-refractivity contribution in [1.82, 2.24) is 19.4 Å². The number of imidazole rings is 1. The Morgan fingerprint density at radius 3 is 2.17 bits per heavy atom. The molecule has 3 rings (SSSR count). The summed E-state index contributed by atoms with van der Waals surface area (Å²) in [6.45, 7) is 8.64. The maximum Gasteiger partial charge on any atom is 0.490 e. The SMILES string of the molecule is C=CCOCc1ncn2c1CN(Cc1ccccn1)CCC2.O=C(O)C(F)(F)F.O=C(O)C(F)(F)F. The Kier molecular flexibility index (Phi) is 12.0. The van der Waals surface area contributed by atoms with Crippen LogP contribution in [0.15, 0.2) is 43.4 Å². The second-order valence-corrected chi connectivity index (χ2v) is 7.13. The highest BCUT2D eigenvalue weighted by atomic mass is 19.4. The second-order valence-electron chi connectivity index (χ2n) is 7.13. The molecule has 0 saturated carbocycles. The van der Waals surface area contributed by atoms with E-state index in [1.807, 2.05) is 24.7 Å². The predicted octanol–water partition coefficient (Wildman–Crippen LogP) is 3.65. The summed E-state index contributed by atoms with van der Waals surface area (Å²) in [6.07, 6.45) is -3.48. The maximum atomic E-state index is 10.6. The lowest BCUT2D eigenvalue weighted by molar-refractivity contribution is -0.193. The first-order chi connectivity index (χ1) is 16.8. The fourth-order valence-electron chi connectivity index (χ4n) is 2.79. The molecular formula is C21H24F6N4O5. The molecule has 2 aromatic heterocycles. The molecule has 1 aliphatic heterocycles. The number of carboxylic acids is 2. The van der Waals surface area contributed by atoms with E-state index in [1.165, 1.54) is 5.69 Å². The number of halogens is 6. The molecule has 0 atom stereocenters. The van der Waals surface area contributed by atoms with E-state index < -0.39 is 24.3 Å². The van der Waals surface area contributed by atoms with E-state index in [0.29, 0.717) is 13.2 Å². The van der Waals surface area contributed by atoms with E-state index in [-0.39, 0.29) is 0 Å². The minimum Gasteiger partial charge on any atom is -0.475 e. The highest BCUT2D eigenvalue weighted by Crippen LogP contribution is 2.18. The molecule has 0 amide bonds. The smallest absolute Gasteiger partial charge is 0.475 e. The molecule has 200 valence electrons. The van der Waals surface area contributed by atoms with Crippen LogP contribution in [0.1, 0.15) is 23.5 Å². The van der Waals surface area contributed by atoms with Gasteiger partial charge in [-0.05, 0) is 18.6 Å². The average Bonchev–Trinajstić information content (AvgIpc) is 3.03. The summed E-state index contributed by atoms with van der Waals surface area (Å²) in [5.41, 5.74) is 3.41. The van der Waals surface area contributed by atoms with Gasteiger partial charge in [-0.25, -0.2) is 14.6 Å².